The first-order chi connectivity index (χ1) is 6.90. The molecule has 7 heteroatoms. The van der Waals surface area contributed by atoms with Crippen LogP contribution in [0.2, 0.25) is 0 Å². The van der Waals surface area contributed by atoms with Crippen LogP contribution in [0, 0.1) is 0 Å². The number of halogens is 3. The van der Waals surface area contributed by atoms with Crippen molar-refractivity contribution in [1.29, 1.82) is 0 Å². The molecule has 0 aliphatic heterocycles. The smallest absolute Gasteiger partial charge is 0.445 e. The van der Waals surface area contributed by atoms with Gasteiger partial charge in [0.25, 0.3) is 5.91 Å². The quantitative estimate of drug-likeness (QED) is 0.778. The van der Waals surface area contributed by atoms with Crippen LogP contribution in [0.15, 0.2) is 24.3 Å². The molecule has 0 bridgehead atoms. The summed E-state index contributed by atoms with van der Waals surface area (Å²) < 4.78 is 35.7. The summed E-state index contributed by atoms with van der Waals surface area (Å²) in [6.45, 7) is -5.03. The Kier molecular flexibility index (Phi) is 3.13. The maximum atomic E-state index is 11.9. The second kappa shape index (κ2) is 4.16. The van der Waals surface area contributed by atoms with Crippen LogP contribution in [0.25, 0.3) is 6.08 Å². The Bertz CT molecular complexity index is 403. The van der Waals surface area contributed by atoms with Gasteiger partial charge in [0.2, 0.25) is 0 Å². The molecule has 0 aliphatic carbocycles. The van der Waals surface area contributed by atoms with E-state index in [1.54, 1.807) is 0 Å². The zero-order chi connectivity index (χ0) is 11.5. The number of primary amides is 1. The van der Waals surface area contributed by atoms with Crippen molar-refractivity contribution in [2.24, 2.45) is 5.73 Å². The van der Waals surface area contributed by atoms with Gasteiger partial charge in [-0.3, -0.25) is 9.78 Å². The van der Waals surface area contributed by atoms with Crippen LogP contribution in [-0.2, 0) is 0 Å². The fourth-order valence-corrected chi connectivity index (χ4v) is 0.971. The summed E-state index contributed by atoms with van der Waals surface area (Å²) in [5.41, 5.74) is 4.83. The number of nitrogens with two attached hydrogens (primary N) is 1. The number of hydrogen-bond acceptors (Lipinski definition) is 2. The van der Waals surface area contributed by atoms with Crippen LogP contribution in [0.4, 0.5) is 12.9 Å². The van der Waals surface area contributed by atoms with Crippen molar-refractivity contribution in [2.75, 3.05) is 0 Å². The first kappa shape index (κ1) is 11.3. The van der Waals surface area contributed by atoms with Crippen LogP contribution in [0.5, 0.6) is 0 Å². The average molecular weight is 215 g/mol. The van der Waals surface area contributed by atoms with Gasteiger partial charge in [-0.05, 0) is 6.07 Å². The van der Waals surface area contributed by atoms with Gasteiger partial charge in [0, 0.05) is 11.8 Å². The maximum absolute atomic E-state index is 11.9. The van der Waals surface area contributed by atoms with E-state index in [0.717, 1.165) is 6.08 Å². The lowest BCUT2D eigenvalue weighted by molar-refractivity contribution is 0.0995. The van der Waals surface area contributed by atoms with Crippen molar-refractivity contribution in [3.63, 3.8) is 0 Å². The van der Waals surface area contributed by atoms with E-state index in [2.05, 4.69) is 4.98 Å². The monoisotopic (exact) mass is 215 g/mol. The number of amides is 1. The molecule has 0 saturated carbocycles. The number of pyridine rings is 1. The highest BCUT2D eigenvalue weighted by atomic mass is 19.4. The highest BCUT2D eigenvalue weighted by Gasteiger charge is 2.17. The number of nitrogens with zero attached hydrogens (tertiary/aromatic N) is 1. The normalized spacial score (nSPS) is 11.9. The number of carbonyl (C=O) groups is 1. The number of hydrogen-bond donors (Lipinski definition) is 1. The highest BCUT2D eigenvalue weighted by molar-refractivity contribution is 6.64. The molecule has 15 heavy (non-hydrogen) atoms. The molecule has 0 atom stereocenters. The lowest BCUT2D eigenvalue weighted by Gasteiger charge is -2.07. The second-order valence-electron chi connectivity index (χ2n) is 2.79. The van der Waals surface area contributed by atoms with Gasteiger partial charge in [-0.15, -0.1) is 5.98 Å². The highest BCUT2D eigenvalue weighted by Crippen LogP contribution is 2.14. The third kappa shape index (κ3) is 3.45. The van der Waals surface area contributed by atoms with Gasteiger partial charge < -0.3 is 18.7 Å². The Morgan fingerprint density at radius 1 is 1.47 bits per heavy atom. The van der Waals surface area contributed by atoms with Gasteiger partial charge in [-0.2, -0.15) is 0 Å². The van der Waals surface area contributed by atoms with Crippen molar-refractivity contribution >= 4 is 19.0 Å². The average Bonchev–Trinajstić information content (AvgIpc) is 2.14. The maximum Gasteiger partial charge on any atom is 0.502 e. The van der Waals surface area contributed by atoms with E-state index in [0.29, 0.717) is 0 Å². The molecule has 80 valence electrons. The first-order valence-corrected chi connectivity index (χ1v) is 4.04. The predicted octanol–water partition coefficient (Wildman–Crippen LogP) is 1.58. The molecule has 1 amide bonds. The third-order valence-corrected chi connectivity index (χ3v) is 1.57. The Morgan fingerprint density at radius 2 is 2.13 bits per heavy atom. The summed E-state index contributed by atoms with van der Waals surface area (Å²) in [6.07, 6.45) is 2.07. The molecule has 0 saturated heterocycles. The minimum atomic E-state index is -5.03. The Hall–Kier alpha value is -1.79. The van der Waals surface area contributed by atoms with Gasteiger partial charge >= 0.3 is 6.98 Å². The minimum Gasteiger partial charge on any atom is -0.445 e. The Morgan fingerprint density at radius 3 is 2.67 bits per heavy atom. The van der Waals surface area contributed by atoms with Crippen molar-refractivity contribution in [3.8, 4) is 0 Å². The van der Waals surface area contributed by atoms with Crippen molar-refractivity contribution < 1.29 is 17.7 Å². The molecule has 0 aliphatic rings. The molecule has 1 aromatic rings. The van der Waals surface area contributed by atoms with Gasteiger partial charge in [-0.25, -0.2) is 0 Å². The fraction of sp³-hybridized carbons (Fsp3) is 0. The molecule has 2 N–H and O–H groups in total. The Labute approximate surface area is 83.9 Å². The zero-order valence-electron chi connectivity index (χ0n) is 7.53. The van der Waals surface area contributed by atoms with E-state index in [9.17, 15) is 17.7 Å². The van der Waals surface area contributed by atoms with Crippen LogP contribution in [0.1, 0.15) is 16.1 Å². The van der Waals surface area contributed by atoms with E-state index in [1.165, 1.54) is 18.3 Å². The molecular weight excluding hydrogens is 208 g/mol. The number of carbonyl (C=O) groups excluding carboxylic acids is 1. The number of aromatic nitrogens is 1. The fourth-order valence-electron chi connectivity index (χ4n) is 0.971. The molecule has 0 fully saturated rings. The van der Waals surface area contributed by atoms with Crippen molar-refractivity contribution in [1.82, 2.24) is 4.98 Å². The largest absolute Gasteiger partial charge is 0.502 e. The van der Waals surface area contributed by atoms with Gasteiger partial charge in [0.05, 0.1) is 0 Å². The molecule has 0 unspecified atom stereocenters. The minimum absolute atomic E-state index is 0.0594. The summed E-state index contributed by atoms with van der Waals surface area (Å²) in [5, 5.41) is 0. The molecule has 1 heterocycles. The predicted molar refractivity (Wildman–Crippen MR) is 50.9 cm³/mol. The van der Waals surface area contributed by atoms with Crippen LogP contribution >= 0.6 is 0 Å². The molecule has 0 spiro atoms. The standard InChI is InChI=1S/C8H7BF3N2O/c10-9(11,12)4-3-6-2-1-5-14-7(6)8(13)15/h1-5H,(H2,13,15)/q-1/b4-3+. The lowest BCUT2D eigenvalue weighted by atomic mass is 9.90. The molecular formula is C8H7BF3N2O-. The summed E-state index contributed by atoms with van der Waals surface area (Å²) in [4.78, 5) is 14.4. The second-order valence-corrected chi connectivity index (χ2v) is 2.79. The van der Waals surface area contributed by atoms with Crippen LogP contribution in [0.3, 0.4) is 0 Å². The first-order valence-electron chi connectivity index (χ1n) is 4.04. The molecule has 3 nitrogen and oxygen atoms in total. The van der Waals surface area contributed by atoms with Crippen molar-refractivity contribution in [2.45, 2.75) is 0 Å². The van der Waals surface area contributed by atoms with Crippen LogP contribution < -0.4 is 5.73 Å². The van der Waals surface area contributed by atoms with Gasteiger partial charge in [0.15, 0.2) is 0 Å². The van der Waals surface area contributed by atoms with E-state index in [4.69, 9.17) is 5.73 Å². The van der Waals surface area contributed by atoms with Gasteiger partial charge in [-0.1, -0.05) is 12.1 Å². The van der Waals surface area contributed by atoms with E-state index in [1.807, 2.05) is 0 Å². The summed E-state index contributed by atoms with van der Waals surface area (Å²) in [7, 11) is 0. The van der Waals surface area contributed by atoms with E-state index in [-0.39, 0.29) is 17.2 Å². The summed E-state index contributed by atoms with van der Waals surface area (Å²) in [6, 6.07) is 2.76. The molecule has 1 rings (SSSR count). The molecule has 0 radical (unpaired) electrons. The summed E-state index contributed by atoms with van der Waals surface area (Å²) in [5.74, 6) is -0.770. The van der Waals surface area contributed by atoms with Crippen LogP contribution in [-0.4, -0.2) is 17.9 Å². The van der Waals surface area contributed by atoms with E-state index < -0.39 is 12.9 Å². The topological polar surface area (TPSA) is 56.0 Å². The number of rotatable bonds is 3. The lowest BCUT2D eigenvalue weighted by Crippen LogP contribution is -2.15. The van der Waals surface area contributed by atoms with Gasteiger partial charge in [0.1, 0.15) is 5.69 Å². The van der Waals surface area contributed by atoms with Crippen molar-refractivity contribution in [3.05, 3.63) is 35.6 Å². The molecule has 1 aromatic heterocycles. The Balaban J connectivity index is 3.05. The third-order valence-electron chi connectivity index (χ3n) is 1.57. The SMILES string of the molecule is NC(=O)c1ncccc1/C=C/[B-](F)(F)F. The zero-order valence-corrected chi connectivity index (χ0v) is 7.53. The van der Waals surface area contributed by atoms with E-state index >= 15 is 0 Å². The molecule has 0 aromatic carbocycles. The summed E-state index contributed by atoms with van der Waals surface area (Å²) >= 11 is 0.